The van der Waals surface area contributed by atoms with Crippen molar-refractivity contribution in [2.45, 2.75) is 11.2 Å². The fraction of sp³-hybridized carbons (Fsp3) is 0.0465. The van der Waals surface area contributed by atoms with Crippen LogP contribution in [0.25, 0.3) is 92.7 Å². The fourth-order valence-corrected chi connectivity index (χ4v) is 9.60. The van der Waals surface area contributed by atoms with E-state index in [9.17, 15) is 4.79 Å². The Hall–Kier alpha value is -6.78. The molecule has 12 heterocycles. The number of nitrogens with zero attached hydrogens (tertiary/aromatic N) is 4. The van der Waals surface area contributed by atoms with E-state index in [1.165, 1.54) is 11.8 Å². The largest absolute Gasteiger partial charge is 0.355 e. The smallest absolute Gasteiger partial charge is 0.201 e. The SMILES string of the molecule is O=C1SC2c3c(c4cc5nc(cc6ccc(cc7nc(cc3[nH]4)C=C7)[nH]6)C=C5)C1c1c2c2cc3nc(cc4ccc(cc5nc(cc1[nH]2)C=C5)[nH]4)C=C3. The maximum Gasteiger partial charge on any atom is 0.201 e. The number of aromatic amines is 4. The topological polar surface area (TPSA) is 132 Å². The summed E-state index contributed by atoms with van der Waals surface area (Å²) < 4.78 is 0. The van der Waals surface area contributed by atoms with Crippen LogP contribution in [0, 0.1) is 0 Å². The molecule has 6 aliphatic heterocycles. The summed E-state index contributed by atoms with van der Waals surface area (Å²) in [6.45, 7) is 0. The molecule has 18 bridgehead atoms. The molecule has 0 amide bonds. The summed E-state index contributed by atoms with van der Waals surface area (Å²) in [5, 5.41) is -0.141. The summed E-state index contributed by atoms with van der Waals surface area (Å²) in [6.07, 6.45) is 16.2. The molecule has 0 aromatic carbocycles. The Morgan fingerprint density at radius 1 is 0.396 bits per heavy atom. The van der Waals surface area contributed by atoms with E-state index < -0.39 is 5.92 Å². The van der Waals surface area contributed by atoms with Gasteiger partial charge in [0.1, 0.15) is 0 Å². The highest BCUT2D eigenvalue weighted by Crippen LogP contribution is 2.60. The molecule has 0 spiro atoms. The van der Waals surface area contributed by atoms with Gasteiger partial charge in [-0.1, -0.05) is 11.8 Å². The van der Waals surface area contributed by atoms with E-state index in [2.05, 4.69) is 44.2 Å². The number of rotatable bonds is 0. The third-order valence-corrected chi connectivity index (χ3v) is 11.6. The van der Waals surface area contributed by atoms with Crippen LogP contribution in [0.15, 0.2) is 72.8 Å². The normalized spacial score (nSPS) is 17.5. The quantitative estimate of drug-likeness (QED) is 0.125. The van der Waals surface area contributed by atoms with Gasteiger partial charge < -0.3 is 19.9 Å². The Kier molecular flexibility index (Phi) is 5.79. The average molecular weight is 703 g/mol. The second-order valence-corrected chi connectivity index (χ2v) is 15.0. The van der Waals surface area contributed by atoms with Gasteiger partial charge in [-0.05, 0) is 133 Å². The van der Waals surface area contributed by atoms with Gasteiger partial charge in [0.05, 0.1) is 56.7 Å². The van der Waals surface area contributed by atoms with E-state index in [1.54, 1.807) is 0 Å². The number of hydrogen-bond donors (Lipinski definition) is 4. The summed E-state index contributed by atoms with van der Waals surface area (Å²) >= 11 is 1.40. The second kappa shape index (κ2) is 10.6. The van der Waals surface area contributed by atoms with Crippen LogP contribution >= 0.6 is 11.8 Å². The van der Waals surface area contributed by atoms with E-state index in [4.69, 9.17) is 19.9 Å². The van der Waals surface area contributed by atoms with Crippen molar-refractivity contribution < 1.29 is 4.79 Å². The lowest BCUT2D eigenvalue weighted by Gasteiger charge is -2.35. The molecule has 10 heteroatoms. The molecule has 13 rings (SSSR count). The van der Waals surface area contributed by atoms with Crippen molar-refractivity contribution in [2.75, 3.05) is 0 Å². The molecule has 0 saturated carbocycles. The minimum Gasteiger partial charge on any atom is -0.355 e. The van der Waals surface area contributed by atoms with Gasteiger partial charge in [0.2, 0.25) is 5.12 Å². The number of nitrogens with one attached hydrogen (secondary N) is 4. The van der Waals surface area contributed by atoms with E-state index in [-0.39, 0.29) is 10.4 Å². The summed E-state index contributed by atoms with van der Waals surface area (Å²) in [7, 11) is 0. The van der Waals surface area contributed by atoms with Crippen LogP contribution in [-0.4, -0.2) is 45.0 Å². The molecule has 0 fully saturated rings. The van der Waals surface area contributed by atoms with Gasteiger partial charge in [0.25, 0.3) is 0 Å². The van der Waals surface area contributed by atoms with Crippen molar-refractivity contribution in [2.24, 2.45) is 0 Å². The first-order valence-electron chi connectivity index (χ1n) is 17.5. The molecule has 9 nitrogen and oxygen atoms in total. The monoisotopic (exact) mass is 702 g/mol. The van der Waals surface area contributed by atoms with Crippen LogP contribution in [0.4, 0.5) is 0 Å². The Bertz CT molecular complexity index is 2950. The first-order chi connectivity index (χ1) is 26.0. The van der Waals surface area contributed by atoms with Gasteiger partial charge >= 0.3 is 0 Å². The molecule has 4 N–H and O–H groups in total. The Labute approximate surface area is 305 Å². The van der Waals surface area contributed by atoms with Crippen LogP contribution in [0.3, 0.4) is 0 Å². The summed E-state index contributed by atoms with van der Waals surface area (Å²) in [5.74, 6) is -0.516. The summed E-state index contributed by atoms with van der Waals surface area (Å²) in [4.78, 5) is 48.5. The van der Waals surface area contributed by atoms with Crippen LogP contribution in [-0.2, 0) is 4.79 Å². The number of carbonyl (C=O) groups is 1. The summed E-state index contributed by atoms with van der Waals surface area (Å²) in [6, 6.07) is 24.7. The molecule has 7 aliphatic rings. The number of hydrogen-bond acceptors (Lipinski definition) is 6. The third kappa shape index (κ3) is 4.62. The zero-order valence-corrected chi connectivity index (χ0v) is 28.6. The van der Waals surface area contributed by atoms with E-state index in [1.807, 2.05) is 97.1 Å². The number of aromatic nitrogens is 8. The molecular weight excluding hydrogens is 677 g/mol. The van der Waals surface area contributed by atoms with Crippen LogP contribution in [0.5, 0.6) is 0 Å². The van der Waals surface area contributed by atoms with Crippen molar-refractivity contribution >= 4 is 110 Å². The highest BCUT2D eigenvalue weighted by atomic mass is 32.2. The molecule has 53 heavy (non-hydrogen) atoms. The summed E-state index contributed by atoms with van der Waals surface area (Å²) in [5.41, 5.74) is 18.4. The lowest BCUT2D eigenvalue weighted by Crippen LogP contribution is -2.26. The number of fused-ring (bicyclic) bond motifs is 17. The molecule has 250 valence electrons. The Morgan fingerprint density at radius 3 is 1.04 bits per heavy atom. The first kappa shape index (κ1) is 28.9. The Balaban J connectivity index is 1.17. The van der Waals surface area contributed by atoms with Crippen LogP contribution in [0.1, 0.15) is 79.0 Å². The van der Waals surface area contributed by atoms with Crippen LogP contribution in [0.2, 0.25) is 0 Å². The molecule has 0 unspecified atom stereocenters. The van der Waals surface area contributed by atoms with Crippen molar-refractivity contribution in [3.05, 3.63) is 141 Å². The maximum absolute atomic E-state index is 14.3. The molecular formula is C43H26N8OS. The van der Waals surface area contributed by atoms with Gasteiger partial charge in [-0.15, -0.1) is 0 Å². The minimum absolute atomic E-state index is 0.123. The van der Waals surface area contributed by atoms with E-state index >= 15 is 0 Å². The molecule has 0 radical (unpaired) electrons. The van der Waals surface area contributed by atoms with Gasteiger partial charge in [0, 0.05) is 55.3 Å². The molecule has 0 saturated heterocycles. The lowest BCUT2D eigenvalue weighted by atomic mass is 9.79. The number of H-pyrrole nitrogens is 4. The fourth-order valence-electron chi connectivity index (χ4n) is 8.25. The zero-order valence-electron chi connectivity index (χ0n) is 27.8. The van der Waals surface area contributed by atoms with Crippen molar-refractivity contribution in [1.82, 2.24) is 39.9 Å². The minimum atomic E-state index is -0.516. The highest BCUT2D eigenvalue weighted by Gasteiger charge is 2.48. The van der Waals surface area contributed by atoms with Crippen LogP contribution < -0.4 is 0 Å². The Morgan fingerprint density at radius 2 is 0.698 bits per heavy atom. The molecule has 0 atom stereocenters. The van der Waals surface area contributed by atoms with Gasteiger partial charge in [0.15, 0.2) is 0 Å². The van der Waals surface area contributed by atoms with Gasteiger partial charge in [-0.25, -0.2) is 19.9 Å². The third-order valence-electron chi connectivity index (χ3n) is 10.4. The number of carbonyl (C=O) groups excluding carboxylic acids is 1. The zero-order chi connectivity index (χ0) is 34.8. The van der Waals surface area contributed by atoms with E-state index in [0.717, 1.165) is 112 Å². The van der Waals surface area contributed by atoms with Gasteiger partial charge in [-0.2, -0.15) is 0 Å². The molecule has 1 aliphatic carbocycles. The van der Waals surface area contributed by atoms with Crippen molar-refractivity contribution in [3.8, 4) is 0 Å². The molecule has 6 aromatic rings. The van der Waals surface area contributed by atoms with Crippen molar-refractivity contribution in [3.63, 3.8) is 0 Å². The first-order valence-corrected chi connectivity index (χ1v) is 18.3. The second-order valence-electron chi connectivity index (χ2n) is 13.9. The molecule has 6 aromatic heterocycles. The lowest BCUT2D eigenvalue weighted by molar-refractivity contribution is -0.111. The van der Waals surface area contributed by atoms with Gasteiger partial charge in [-0.3, -0.25) is 4.79 Å². The number of thioether (sulfide) groups is 1. The predicted octanol–water partition coefficient (Wildman–Crippen LogP) is 9.43. The predicted molar refractivity (Wildman–Crippen MR) is 214 cm³/mol. The van der Waals surface area contributed by atoms with E-state index in [0.29, 0.717) is 0 Å². The maximum atomic E-state index is 14.3. The highest BCUT2D eigenvalue weighted by molar-refractivity contribution is 8.14. The average Bonchev–Trinajstić information content (AvgIpc) is 3.98. The van der Waals surface area contributed by atoms with Crippen molar-refractivity contribution in [1.29, 1.82) is 0 Å². The standard InChI is InChI=1S/C43H26N8OS/c52-43-41-37-33-17-29-9-5-25(46-29)13-21-1-3-23(44-21)15-27-7-11-31(48-27)19-35(50-33)39(37)42(53-43)40-36-20-32-12-8-28(49-32)16-24-4-2-22(45-24)14-26-6-10-30(47-26)18-34(51-36)38(40)41/h1-20,41-42,44-45,50-51H.